The van der Waals surface area contributed by atoms with Crippen LogP contribution in [-0.2, 0) is 24.4 Å². The van der Waals surface area contributed by atoms with Crippen LogP contribution in [0.15, 0.2) is 85.1 Å². The quantitative estimate of drug-likeness (QED) is 0.204. The van der Waals surface area contributed by atoms with Gasteiger partial charge in [-0.1, -0.05) is 65.7 Å². The van der Waals surface area contributed by atoms with E-state index < -0.39 is 18.4 Å². The van der Waals surface area contributed by atoms with Crippen LogP contribution in [0.2, 0.25) is 10.0 Å². The van der Waals surface area contributed by atoms with Crippen molar-refractivity contribution in [3.8, 4) is 5.75 Å². The number of carbonyl (C=O) groups excluding carboxylic acids is 1. The average Bonchev–Trinajstić information content (AvgIpc) is 3.01. The maximum atomic E-state index is 13.8. The normalized spacial score (nSPS) is 13.5. The summed E-state index contributed by atoms with van der Waals surface area (Å²) in [7, 11) is 0. The summed E-state index contributed by atoms with van der Waals surface area (Å²) in [5.41, 5.74) is 2.60. The van der Waals surface area contributed by atoms with Gasteiger partial charge in [-0.05, 0) is 72.7 Å². The summed E-state index contributed by atoms with van der Waals surface area (Å²) in [5, 5.41) is 10.7. The number of carboxylic acids is 1. The van der Waals surface area contributed by atoms with Gasteiger partial charge in [-0.25, -0.2) is 9.97 Å². The monoisotopic (exact) mass is 618 g/mol. The van der Waals surface area contributed by atoms with E-state index in [0.717, 1.165) is 32.4 Å². The molecular weight excluding hydrogens is 587 g/mol. The summed E-state index contributed by atoms with van der Waals surface area (Å²) in [5.74, 6) is 0.00813. The molecule has 3 aromatic carbocycles. The van der Waals surface area contributed by atoms with Crippen LogP contribution in [0, 0.1) is 5.92 Å². The SMILES string of the molecule is O=C(O)CN(Cc1cccc(Cl)c1)C(=O)c1cnc(N2CCC(Cc3ccccc3)CC2)nc1COc1ccc(Cl)cc1. The van der Waals surface area contributed by atoms with Gasteiger partial charge in [0.2, 0.25) is 5.95 Å². The smallest absolute Gasteiger partial charge is 0.323 e. The maximum absolute atomic E-state index is 13.8. The van der Waals surface area contributed by atoms with Crippen molar-refractivity contribution in [2.75, 3.05) is 24.5 Å². The molecule has 4 aromatic rings. The Morgan fingerprint density at radius 2 is 1.65 bits per heavy atom. The van der Waals surface area contributed by atoms with Gasteiger partial charge in [-0.2, -0.15) is 0 Å². The summed E-state index contributed by atoms with van der Waals surface area (Å²) in [4.78, 5) is 38.3. The van der Waals surface area contributed by atoms with Gasteiger partial charge in [0.05, 0.1) is 11.3 Å². The number of carboxylic acid groups (broad SMARTS) is 1. The van der Waals surface area contributed by atoms with Crippen molar-refractivity contribution < 1.29 is 19.4 Å². The number of carbonyl (C=O) groups is 2. The van der Waals surface area contributed by atoms with Crippen molar-refractivity contribution in [3.63, 3.8) is 0 Å². The van der Waals surface area contributed by atoms with Crippen molar-refractivity contribution >= 4 is 41.0 Å². The van der Waals surface area contributed by atoms with Crippen molar-refractivity contribution in [1.29, 1.82) is 0 Å². The highest BCUT2D eigenvalue weighted by atomic mass is 35.5. The van der Waals surface area contributed by atoms with E-state index in [1.54, 1.807) is 48.5 Å². The van der Waals surface area contributed by atoms with Gasteiger partial charge < -0.3 is 19.6 Å². The number of rotatable bonds is 11. The van der Waals surface area contributed by atoms with E-state index in [2.05, 4.69) is 34.1 Å². The standard InChI is InChI=1S/C33H32Cl2N4O4/c34-26-9-11-28(12-10-26)43-22-30-29(32(42)39(21-31(40)41)20-25-7-4-8-27(35)18-25)19-36-33(37-30)38-15-13-24(14-16-38)17-23-5-2-1-3-6-23/h1-12,18-19,24H,13-17,20-22H2,(H,40,41). The molecule has 1 saturated heterocycles. The molecule has 0 saturated carbocycles. The van der Waals surface area contributed by atoms with E-state index in [9.17, 15) is 14.7 Å². The van der Waals surface area contributed by atoms with Gasteiger partial charge in [0.1, 0.15) is 18.9 Å². The first kappa shape index (κ1) is 30.3. The maximum Gasteiger partial charge on any atom is 0.323 e. The molecule has 1 aliphatic heterocycles. The molecule has 1 aromatic heterocycles. The van der Waals surface area contributed by atoms with E-state index in [1.807, 2.05) is 6.07 Å². The summed E-state index contributed by atoms with van der Waals surface area (Å²) in [6.45, 7) is 1.13. The molecule has 0 spiro atoms. The molecule has 2 heterocycles. The fourth-order valence-electron chi connectivity index (χ4n) is 5.20. The second-order valence-electron chi connectivity index (χ2n) is 10.6. The van der Waals surface area contributed by atoms with E-state index in [1.165, 1.54) is 16.7 Å². The lowest BCUT2D eigenvalue weighted by Crippen LogP contribution is -2.37. The molecule has 1 fully saturated rings. The van der Waals surface area contributed by atoms with Gasteiger partial charge in [0, 0.05) is 35.9 Å². The Morgan fingerprint density at radius 1 is 0.930 bits per heavy atom. The lowest BCUT2D eigenvalue weighted by molar-refractivity contribution is -0.137. The van der Waals surface area contributed by atoms with Crippen molar-refractivity contribution in [2.24, 2.45) is 5.92 Å². The summed E-state index contributed by atoms with van der Waals surface area (Å²) in [6.07, 6.45) is 4.52. The number of hydrogen-bond donors (Lipinski definition) is 1. The van der Waals surface area contributed by atoms with Crippen LogP contribution in [0.1, 0.15) is 40.0 Å². The number of hydrogen-bond acceptors (Lipinski definition) is 6. The first-order valence-electron chi connectivity index (χ1n) is 14.1. The van der Waals surface area contributed by atoms with Gasteiger partial charge in [-0.3, -0.25) is 9.59 Å². The molecular formula is C33H32Cl2N4O4. The third kappa shape index (κ3) is 8.46. The highest BCUT2D eigenvalue weighted by Gasteiger charge is 2.26. The fraction of sp³-hybridized carbons (Fsp3) is 0.273. The van der Waals surface area contributed by atoms with E-state index in [0.29, 0.717) is 38.9 Å². The van der Waals surface area contributed by atoms with E-state index in [4.69, 9.17) is 32.9 Å². The zero-order valence-corrected chi connectivity index (χ0v) is 25.0. The van der Waals surface area contributed by atoms with E-state index >= 15 is 0 Å². The van der Waals surface area contributed by atoms with Crippen molar-refractivity contribution in [3.05, 3.63) is 117 Å². The van der Waals surface area contributed by atoms with E-state index in [-0.39, 0.29) is 18.7 Å². The van der Waals surface area contributed by atoms with Crippen LogP contribution in [0.25, 0.3) is 0 Å². The van der Waals surface area contributed by atoms with Crippen LogP contribution < -0.4 is 9.64 Å². The molecule has 222 valence electrons. The minimum atomic E-state index is -1.13. The fourth-order valence-corrected chi connectivity index (χ4v) is 5.54. The lowest BCUT2D eigenvalue weighted by atomic mass is 9.90. The Bertz CT molecular complexity index is 1540. The summed E-state index contributed by atoms with van der Waals surface area (Å²) < 4.78 is 5.99. The minimum absolute atomic E-state index is 0.0131. The number of piperidine rings is 1. The second-order valence-corrected chi connectivity index (χ2v) is 11.5. The van der Waals surface area contributed by atoms with Gasteiger partial charge in [0.25, 0.3) is 5.91 Å². The molecule has 0 unspecified atom stereocenters. The molecule has 10 heteroatoms. The number of anilines is 1. The molecule has 0 radical (unpaired) electrons. The highest BCUT2D eigenvalue weighted by molar-refractivity contribution is 6.30. The molecule has 0 aliphatic carbocycles. The number of ether oxygens (including phenoxy) is 1. The van der Waals surface area contributed by atoms with Crippen LogP contribution in [0.5, 0.6) is 5.75 Å². The number of amides is 1. The third-order valence-corrected chi connectivity index (χ3v) is 7.90. The minimum Gasteiger partial charge on any atom is -0.487 e. The Kier molecular flexibility index (Phi) is 10.1. The van der Waals surface area contributed by atoms with Gasteiger partial charge >= 0.3 is 5.97 Å². The first-order chi connectivity index (χ1) is 20.8. The number of nitrogens with zero attached hydrogens (tertiary/aromatic N) is 4. The van der Waals surface area contributed by atoms with Crippen LogP contribution in [0.3, 0.4) is 0 Å². The molecule has 0 atom stereocenters. The molecule has 1 aliphatic rings. The molecule has 1 N–H and O–H groups in total. The topological polar surface area (TPSA) is 95.9 Å². The predicted octanol–water partition coefficient (Wildman–Crippen LogP) is 6.55. The van der Waals surface area contributed by atoms with Crippen molar-refractivity contribution in [1.82, 2.24) is 14.9 Å². The number of aromatic nitrogens is 2. The van der Waals surface area contributed by atoms with Crippen LogP contribution in [-0.4, -0.2) is 51.5 Å². The first-order valence-corrected chi connectivity index (χ1v) is 14.9. The number of benzene rings is 3. The Morgan fingerprint density at radius 3 is 2.35 bits per heavy atom. The largest absolute Gasteiger partial charge is 0.487 e. The zero-order chi connectivity index (χ0) is 30.2. The second kappa shape index (κ2) is 14.4. The zero-order valence-electron chi connectivity index (χ0n) is 23.5. The molecule has 5 rings (SSSR count). The van der Waals surface area contributed by atoms with Crippen molar-refractivity contribution in [2.45, 2.75) is 32.4 Å². The predicted molar refractivity (Wildman–Crippen MR) is 167 cm³/mol. The highest BCUT2D eigenvalue weighted by Crippen LogP contribution is 2.26. The summed E-state index contributed by atoms with van der Waals surface area (Å²) in [6, 6.07) is 24.4. The molecule has 0 bridgehead atoms. The molecule has 1 amide bonds. The van der Waals surface area contributed by atoms with Gasteiger partial charge in [-0.15, -0.1) is 0 Å². The number of aliphatic carboxylic acids is 1. The Hall–Kier alpha value is -4.14. The Labute approximate surface area is 260 Å². The number of halogens is 2. The average molecular weight is 620 g/mol. The lowest BCUT2D eigenvalue weighted by Gasteiger charge is -2.32. The van der Waals surface area contributed by atoms with Crippen LogP contribution >= 0.6 is 23.2 Å². The summed E-state index contributed by atoms with van der Waals surface area (Å²) >= 11 is 12.2. The molecule has 8 nitrogen and oxygen atoms in total. The Balaban J connectivity index is 1.37. The third-order valence-electron chi connectivity index (χ3n) is 7.41. The van der Waals surface area contributed by atoms with Gasteiger partial charge in [0.15, 0.2) is 0 Å². The van der Waals surface area contributed by atoms with Crippen LogP contribution in [0.4, 0.5) is 5.95 Å². The molecule has 43 heavy (non-hydrogen) atoms.